The second-order valence-electron chi connectivity index (χ2n) is 18.1. The van der Waals surface area contributed by atoms with E-state index in [2.05, 4.69) is 90.0 Å². The zero-order chi connectivity index (χ0) is 40.1. The fraction of sp³-hybridized carbons (Fsp3) is 0.702. The molecule has 5 rings (SSSR count). The molecule has 1 fully saturated rings. The third kappa shape index (κ3) is 10.5. The topological polar surface area (TPSA) is 62.3 Å². The number of anilines is 2. The summed E-state index contributed by atoms with van der Waals surface area (Å²) in [7, 11) is -3.35. The quantitative estimate of drug-likeness (QED) is 0.149. The lowest BCUT2D eigenvalue weighted by atomic mass is 9.83. The monoisotopic (exact) mass is 776 g/mol. The lowest BCUT2D eigenvalue weighted by molar-refractivity contribution is 0.0511. The zero-order valence-electron chi connectivity index (χ0n) is 36.4. The van der Waals surface area contributed by atoms with Crippen molar-refractivity contribution in [2.45, 2.75) is 145 Å². The molecule has 0 saturated carbocycles. The van der Waals surface area contributed by atoms with Crippen LogP contribution in [0, 0.1) is 57.3 Å². The molecule has 306 valence electrons. The highest BCUT2D eigenvalue weighted by atomic mass is 32.2. The van der Waals surface area contributed by atoms with E-state index in [1.165, 1.54) is 73.5 Å². The van der Waals surface area contributed by atoms with Crippen molar-refractivity contribution in [1.82, 2.24) is 4.90 Å². The third-order valence-corrected chi connectivity index (χ3v) is 14.3. The summed E-state index contributed by atoms with van der Waals surface area (Å²) in [5.74, 6) is 11.0. The first-order chi connectivity index (χ1) is 26.0. The Bertz CT molecular complexity index is 1820. The van der Waals surface area contributed by atoms with Gasteiger partial charge < -0.3 is 14.4 Å². The van der Waals surface area contributed by atoms with Crippen molar-refractivity contribution in [1.29, 1.82) is 0 Å². The lowest BCUT2D eigenvalue weighted by Gasteiger charge is -2.39. The molecule has 0 bridgehead atoms. The van der Waals surface area contributed by atoms with Crippen molar-refractivity contribution in [2.75, 3.05) is 61.3 Å². The molecule has 3 heterocycles. The molecule has 7 nitrogen and oxygen atoms in total. The molecule has 3 aliphatic rings. The Balaban J connectivity index is 1.12. The summed E-state index contributed by atoms with van der Waals surface area (Å²) in [6, 6.07) is 2.09. The molecule has 2 aromatic carbocycles. The van der Waals surface area contributed by atoms with Gasteiger partial charge in [0.1, 0.15) is 23.7 Å². The Morgan fingerprint density at radius 2 is 1.49 bits per heavy atom. The van der Waals surface area contributed by atoms with Gasteiger partial charge in [-0.3, -0.25) is 9.21 Å². The normalized spacial score (nSPS) is 19.8. The SMILES string of the molecule is CC#Cc1c(C)c(N2CCN(CCOc3c(C)c(C)c4c(c3C)CC[C@@](C)(CCC[C@H](C)CCC[C@H](C)CCC(C)C)O4)CC2)cc2c1CCN2S(C)(=O)=O. The van der Waals surface area contributed by atoms with Crippen molar-refractivity contribution in [3.63, 3.8) is 0 Å². The van der Waals surface area contributed by atoms with Crippen LogP contribution in [0.15, 0.2) is 6.07 Å². The Kier molecular flexibility index (Phi) is 14.6. The largest absolute Gasteiger partial charge is 0.492 e. The summed E-state index contributed by atoms with van der Waals surface area (Å²) >= 11 is 0. The second kappa shape index (κ2) is 18.6. The van der Waals surface area contributed by atoms with Gasteiger partial charge in [0.15, 0.2) is 0 Å². The number of hydrogen-bond donors (Lipinski definition) is 0. The molecular weight excluding hydrogens is 703 g/mol. The standard InChI is InChI=1S/C47H73N3O4S/c1-12-15-40-38(8)43(32-44-42(40)22-25-50(44)55(11,51)52)49-28-26-48(27-29-49)30-31-53-45-36(6)37(7)46-41(39(45)9)21-24-47(10,54-46)23-14-18-34(4)16-13-17-35(5)20-19-33(2)3/h32-35H,13-14,16-31H2,1-11H3/t34-,35+,47-/m1/s1. The summed E-state index contributed by atoms with van der Waals surface area (Å²) in [6.45, 7) is 28.1. The summed E-state index contributed by atoms with van der Waals surface area (Å²) in [5.41, 5.74) is 9.97. The molecule has 3 atom stereocenters. The van der Waals surface area contributed by atoms with Gasteiger partial charge in [-0.05, 0) is 125 Å². The van der Waals surface area contributed by atoms with E-state index >= 15 is 0 Å². The summed E-state index contributed by atoms with van der Waals surface area (Å²) < 4.78 is 40.3. The van der Waals surface area contributed by atoms with E-state index in [9.17, 15) is 8.42 Å². The number of nitrogens with zero attached hydrogens (tertiary/aromatic N) is 3. The number of sulfonamides is 1. The predicted octanol–water partition coefficient (Wildman–Crippen LogP) is 9.95. The highest BCUT2D eigenvalue weighted by Crippen LogP contribution is 2.45. The Hall–Kier alpha value is -2.89. The number of hydrogen-bond acceptors (Lipinski definition) is 6. The molecule has 0 unspecified atom stereocenters. The summed E-state index contributed by atoms with van der Waals surface area (Å²) in [5, 5.41) is 0. The van der Waals surface area contributed by atoms with Gasteiger partial charge in [0.25, 0.3) is 0 Å². The third-order valence-electron chi connectivity index (χ3n) is 13.1. The van der Waals surface area contributed by atoms with E-state index in [0.717, 1.165) is 109 Å². The molecule has 0 amide bonds. The fourth-order valence-electron chi connectivity index (χ4n) is 9.29. The number of rotatable bonds is 17. The van der Waals surface area contributed by atoms with Gasteiger partial charge in [0.05, 0.1) is 11.9 Å². The average molecular weight is 776 g/mol. The van der Waals surface area contributed by atoms with Gasteiger partial charge in [-0.2, -0.15) is 0 Å². The van der Waals surface area contributed by atoms with Gasteiger partial charge in [0.2, 0.25) is 10.0 Å². The zero-order valence-corrected chi connectivity index (χ0v) is 37.2. The molecule has 55 heavy (non-hydrogen) atoms. The van der Waals surface area contributed by atoms with Crippen LogP contribution >= 0.6 is 0 Å². The first-order valence-corrected chi connectivity index (χ1v) is 23.4. The summed E-state index contributed by atoms with van der Waals surface area (Å²) in [6.07, 6.45) is 14.5. The maximum atomic E-state index is 12.6. The molecule has 2 aromatic rings. The van der Waals surface area contributed by atoms with Crippen LogP contribution in [0.25, 0.3) is 0 Å². The van der Waals surface area contributed by atoms with Gasteiger partial charge in [-0.25, -0.2) is 8.42 Å². The number of ether oxygens (including phenoxy) is 2. The van der Waals surface area contributed by atoms with Crippen LogP contribution in [0.2, 0.25) is 0 Å². The molecule has 0 aliphatic carbocycles. The molecule has 0 aromatic heterocycles. The molecule has 0 spiro atoms. The first-order valence-electron chi connectivity index (χ1n) is 21.5. The van der Waals surface area contributed by atoms with E-state index in [1.807, 2.05) is 6.92 Å². The van der Waals surface area contributed by atoms with Crippen LogP contribution in [0.5, 0.6) is 11.5 Å². The number of piperazine rings is 1. The van der Waals surface area contributed by atoms with E-state index in [1.54, 1.807) is 4.31 Å². The summed E-state index contributed by atoms with van der Waals surface area (Å²) in [4.78, 5) is 4.88. The smallest absolute Gasteiger partial charge is 0.232 e. The minimum absolute atomic E-state index is 0.108. The van der Waals surface area contributed by atoms with Crippen molar-refractivity contribution >= 4 is 21.4 Å². The van der Waals surface area contributed by atoms with E-state index in [4.69, 9.17) is 9.47 Å². The second-order valence-corrected chi connectivity index (χ2v) is 20.0. The number of benzene rings is 2. The maximum absolute atomic E-state index is 12.6. The van der Waals surface area contributed by atoms with Crippen LogP contribution in [0.3, 0.4) is 0 Å². The van der Waals surface area contributed by atoms with Crippen molar-refractivity contribution < 1.29 is 17.9 Å². The Labute approximate surface area is 336 Å². The van der Waals surface area contributed by atoms with E-state index in [0.29, 0.717) is 19.6 Å². The van der Waals surface area contributed by atoms with Crippen molar-refractivity contribution in [2.24, 2.45) is 17.8 Å². The minimum atomic E-state index is -3.35. The molecule has 0 radical (unpaired) electrons. The Morgan fingerprint density at radius 1 is 0.818 bits per heavy atom. The lowest BCUT2D eigenvalue weighted by Crippen LogP contribution is -2.47. The van der Waals surface area contributed by atoms with Gasteiger partial charge in [0, 0.05) is 56.1 Å². The number of fused-ring (bicyclic) bond motifs is 2. The minimum Gasteiger partial charge on any atom is -0.492 e. The highest BCUT2D eigenvalue weighted by molar-refractivity contribution is 7.92. The molecule has 0 N–H and O–H groups in total. The maximum Gasteiger partial charge on any atom is 0.232 e. The van der Waals surface area contributed by atoms with Gasteiger partial charge in [-0.15, -0.1) is 5.92 Å². The van der Waals surface area contributed by atoms with Crippen LogP contribution in [-0.4, -0.2) is 71.0 Å². The molecule has 3 aliphatic heterocycles. The van der Waals surface area contributed by atoms with Gasteiger partial charge >= 0.3 is 0 Å². The molecule has 8 heteroatoms. The van der Waals surface area contributed by atoms with Gasteiger partial charge in [-0.1, -0.05) is 72.1 Å². The molecule has 1 saturated heterocycles. The van der Waals surface area contributed by atoms with Crippen molar-refractivity contribution in [3.05, 3.63) is 45.0 Å². The van der Waals surface area contributed by atoms with Crippen molar-refractivity contribution in [3.8, 4) is 23.3 Å². The van der Waals surface area contributed by atoms with Crippen LogP contribution < -0.4 is 18.7 Å². The van der Waals surface area contributed by atoms with Crippen LogP contribution in [0.1, 0.15) is 138 Å². The fourth-order valence-corrected chi connectivity index (χ4v) is 10.2. The molecular formula is C47H73N3O4S. The van der Waals surface area contributed by atoms with E-state index < -0.39 is 10.0 Å². The van der Waals surface area contributed by atoms with E-state index in [-0.39, 0.29) is 5.60 Å². The van der Waals surface area contributed by atoms with Crippen LogP contribution in [-0.2, 0) is 22.9 Å². The first kappa shape index (κ1) is 43.2. The van der Waals surface area contributed by atoms with Crippen LogP contribution in [0.4, 0.5) is 11.4 Å². The Morgan fingerprint density at radius 3 is 2.15 bits per heavy atom. The average Bonchev–Trinajstić information content (AvgIpc) is 3.57. The predicted molar refractivity (Wildman–Crippen MR) is 232 cm³/mol. The highest BCUT2D eigenvalue weighted by Gasteiger charge is 2.35.